The standard InChI is InChI=1S/C13H18N4O3S/c1-14-21(19,20)11-4-3-8(5-15-11)13(18)16-12-9-6-17(2)7-10(9)12/h3-5,9-10,12,14H,6-7H2,1-2H3,(H,16,18)/t9-,10+,12?. The van der Waals surface area contributed by atoms with Gasteiger partial charge in [0.2, 0.25) is 0 Å². The molecular weight excluding hydrogens is 292 g/mol. The Morgan fingerprint density at radius 2 is 2.00 bits per heavy atom. The van der Waals surface area contributed by atoms with E-state index in [1.165, 1.54) is 25.4 Å². The SMILES string of the molecule is CNS(=O)(=O)c1ccc(C(=O)NC2[C@H]3CN(C)C[C@@H]23)cn1. The van der Waals surface area contributed by atoms with Gasteiger partial charge in [0, 0.05) is 25.3 Å². The molecule has 0 bridgehead atoms. The number of hydrogen-bond acceptors (Lipinski definition) is 5. The molecule has 3 rings (SSSR count). The average molecular weight is 310 g/mol. The van der Waals surface area contributed by atoms with Crippen LogP contribution in [0.2, 0.25) is 0 Å². The zero-order chi connectivity index (χ0) is 15.2. The van der Waals surface area contributed by atoms with Gasteiger partial charge in [0.15, 0.2) is 5.03 Å². The molecule has 8 heteroatoms. The van der Waals surface area contributed by atoms with E-state index < -0.39 is 10.0 Å². The van der Waals surface area contributed by atoms with Gasteiger partial charge in [0.25, 0.3) is 15.9 Å². The van der Waals surface area contributed by atoms with Crippen LogP contribution in [0.5, 0.6) is 0 Å². The summed E-state index contributed by atoms with van der Waals surface area (Å²) in [6, 6.07) is 3.06. The molecule has 1 aliphatic heterocycles. The van der Waals surface area contributed by atoms with E-state index >= 15 is 0 Å². The lowest BCUT2D eigenvalue weighted by atomic mass is 10.2. The molecule has 21 heavy (non-hydrogen) atoms. The Hall–Kier alpha value is -1.51. The van der Waals surface area contributed by atoms with Crippen LogP contribution in [0, 0.1) is 11.8 Å². The van der Waals surface area contributed by atoms with Gasteiger partial charge < -0.3 is 10.2 Å². The molecule has 3 atom stereocenters. The lowest BCUT2D eigenvalue weighted by Crippen LogP contribution is -2.33. The molecule has 2 fully saturated rings. The molecule has 0 radical (unpaired) electrons. The number of nitrogens with one attached hydrogen (secondary N) is 2. The number of carbonyl (C=O) groups is 1. The smallest absolute Gasteiger partial charge is 0.257 e. The van der Waals surface area contributed by atoms with Crippen molar-refractivity contribution in [2.45, 2.75) is 11.1 Å². The van der Waals surface area contributed by atoms with E-state index in [1.54, 1.807) is 0 Å². The number of amides is 1. The summed E-state index contributed by atoms with van der Waals surface area (Å²) in [6.45, 7) is 2.04. The molecule has 1 saturated heterocycles. The van der Waals surface area contributed by atoms with Crippen LogP contribution in [0.25, 0.3) is 0 Å². The van der Waals surface area contributed by atoms with Gasteiger partial charge in [-0.05, 0) is 38.1 Å². The molecule has 1 aromatic heterocycles. The number of carbonyl (C=O) groups excluding carboxylic acids is 1. The summed E-state index contributed by atoms with van der Waals surface area (Å²) in [7, 11) is -0.169. The minimum absolute atomic E-state index is 0.0912. The Morgan fingerprint density at radius 3 is 2.52 bits per heavy atom. The van der Waals surface area contributed by atoms with Crippen LogP contribution >= 0.6 is 0 Å². The van der Waals surface area contributed by atoms with Crippen molar-refractivity contribution >= 4 is 15.9 Å². The molecule has 1 aliphatic carbocycles. The van der Waals surface area contributed by atoms with Crippen LogP contribution in [0.1, 0.15) is 10.4 Å². The van der Waals surface area contributed by atoms with Crippen molar-refractivity contribution in [2.24, 2.45) is 11.8 Å². The Balaban J connectivity index is 1.64. The lowest BCUT2D eigenvalue weighted by Gasteiger charge is -2.13. The van der Waals surface area contributed by atoms with Crippen LogP contribution in [0.4, 0.5) is 0 Å². The van der Waals surface area contributed by atoms with E-state index in [1.807, 2.05) is 0 Å². The van der Waals surface area contributed by atoms with E-state index in [0.717, 1.165) is 13.1 Å². The third-order valence-corrected chi connectivity index (χ3v) is 5.55. The molecule has 2 aliphatic rings. The van der Waals surface area contributed by atoms with Crippen molar-refractivity contribution in [2.75, 3.05) is 27.2 Å². The van der Waals surface area contributed by atoms with Gasteiger partial charge >= 0.3 is 0 Å². The highest BCUT2D eigenvalue weighted by molar-refractivity contribution is 7.89. The van der Waals surface area contributed by atoms with Crippen molar-refractivity contribution in [3.63, 3.8) is 0 Å². The maximum atomic E-state index is 12.1. The fourth-order valence-electron chi connectivity index (χ4n) is 2.96. The largest absolute Gasteiger partial charge is 0.349 e. The number of nitrogens with zero attached hydrogens (tertiary/aromatic N) is 2. The zero-order valence-electron chi connectivity index (χ0n) is 11.9. The van der Waals surface area contributed by atoms with Crippen molar-refractivity contribution in [1.29, 1.82) is 0 Å². The van der Waals surface area contributed by atoms with Crippen LogP contribution < -0.4 is 10.0 Å². The van der Waals surface area contributed by atoms with Gasteiger partial charge in [-0.3, -0.25) is 4.79 Å². The van der Waals surface area contributed by atoms with Crippen LogP contribution in [0.3, 0.4) is 0 Å². The fourth-order valence-corrected chi connectivity index (χ4v) is 3.61. The molecule has 1 aromatic rings. The maximum Gasteiger partial charge on any atom is 0.257 e. The minimum Gasteiger partial charge on any atom is -0.349 e. The van der Waals surface area contributed by atoms with Gasteiger partial charge in [0.1, 0.15) is 0 Å². The monoisotopic (exact) mass is 310 g/mol. The Kier molecular flexibility index (Phi) is 3.46. The average Bonchev–Trinajstić information content (AvgIpc) is 2.92. The number of piperidine rings is 1. The summed E-state index contributed by atoms with van der Waals surface area (Å²) in [5.41, 5.74) is 0.378. The second-order valence-electron chi connectivity index (χ2n) is 5.64. The highest BCUT2D eigenvalue weighted by Crippen LogP contribution is 2.44. The van der Waals surface area contributed by atoms with Gasteiger partial charge in [-0.25, -0.2) is 18.1 Å². The van der Waals surface area contributed by atoms with Crippen molar-refractivity contribution in [3.8, 4) is 0 Å². The highest BCUT2D eigenvalue weighted by atomic mass is 32.2. The molecule has 0 spiro atoms. The topological polar surface area (TPSA) is 91.4 Å². The first-order valence-corrected chi connectivity index (χ1v) is 8.29. The molecule has 114 valence electrons. The van der Waals surface area contributed by atoms with Crippen LogP contribution in [0.15, 0.2) is 23.4 Å². The number of sulfonamides is 1. The first-order chi connectivity index (χ1) is 9.92. The number of pyridine rings is 1. The summed E-state index contributed by atoms with van der Waals surface area (Å²) in [5.74, 6) is 0.907. The first kappa shape index (κ1) is 14.4. The quantitative estimate of drug-likeness (QED) is 0.766. The molecule has 0 aromatic carbocycles. The molecule has 1 unspecified atom stereocenters. The number of aromatic nitrogens is 1. The molecule has 1 amide bonds. The van der Waals surface area contributed by atoms with Gasteiger partial charge in [-0.2, -0.15) is 0 Å². The second kappa shape index (κ2) is 5.04. The number of hydrogen-bond donors (Lipinski definition) is 2. The normalized spacial score (nSPS) is 28.2. The van der Waals surface area contributed by atoms with E-state index in [4.69, 9.17) is 0 Å². The van der Waals surface area contributed by atoms with E-state index in [-0.39, 0.29) is 17.0 Å². The predicted octanol–water partition coefficient (Wildman–Crippen LogP) is -0.720. The third-order valence-electron chi connectivity index (χ3n) is 4.22. The van der Waals surface area contributed by atoms with Gasteiger partial charge in [0.05, 0.1) is 5.56 Å². The summed E-state index contributed by atoms with van der Waals surface area (Å²) >= 11 is 0. The van der Waals surface area contributed by atoms with Gasteiger partial charge in [-0.15, -0.1) is 0 Å². The summed E-state index contributed by atoms with van der Waals surface area (Å²) in [4.78, 5) is 18.2. The summed E-state index contributed by atoms with van der Waals surface area (Å²) < 4.78 is 25.3. The second-order valence-corrected chi connectivity index (χ2v) is 7.47. The minimum atomic E-state index is -3.57. The van der Waals surface area contributed by atoms with E-state index in [2.05, 4.69) is 27.0 Å². The number of rotatable bonds is 4. The van der Waals surface area contributed by atoms with E-state index in [9.17, 15) is 13.2 Å². The number of fused-ring (bicyclic) bond motifs is 1. The molecule has 2 heterocycles. The van der Waals surface area contributed by atoms with Crippen molar-refractivity contribution in [1.82, 2.24) is 19.9 Å². The Morgan fingerprint density at radius 1 is 1.33 bits per heavy atom. The van der Waals surface area contributed by atoms with Crippen molar-refractivity contribution in [3.05, 3.63) is 23.9 Å². The third kappa shape index (κ3) is 2.66. The van der Waals surface area contributed by atoms with Crippen LogP contribution in [-0.2, 0) is 10.0 Å². The summed E-state index contributed by atoms with van der Waals surface area (Å²) in [5, 5.41) is 2.90. The Labute approximate surface area is 123 Å². The number of likely N-dealkylation sites (tertiary alicyclic amines) is 1. The maximum absolute atomic E-state index is 12.1. The first-order valence-electron chi connectivity index (χ1n) is 6.81. The summed E-state index contributed by atoms with van der Waals surface area (Å²) in [6.07, 6.45) is 1.30. The fraction of sp³-hybridized carbons (Fsp3) is 0.538. The predicted molar refractivity (Wildman–Crippen MR) is 76.2 cm³/mol. The van der Waals surface area contributed by atoms with Crippen LogP contribution in [-0.4, -0.2) is 57.4 Å². The van der Waals surface area contributed by atoms with Gasteiger partial charge in [-0.1, -0.05) is 0 Å². The van der Waals surface area contributed by atoms with Crippen molar-refractivity contribution < 1.29 is 13.2 Å². The molecule has 2 N–H and O–H groups in total. The van der Waals surface area contributed by atoms with E-state index in [0.29, 0.717) is 17.4 Å². The Bertz CT molecular complexity index is 646. The highest BCUT2D eigenvalue weighted by Gasteiger charge is 2.55. The molecular formula is C13H18N4O3S. The molecule has 1 saturated carbocycles. The lowest BCUT2D eigenvalue weighted by molar-refractivity contribution is 0.0943. The zero-order valence-corrected chi connectivity index (χ0v) is 12.7. The molecule has 7 nitrogen and oxygen atoms in total.